The molecule has 0 saturated heterocycles. The van der Waals surface area contributed by atoms with Crippen molar-refractivity contribution in [2.75, 3.05) is 26.2 Å². The summed E-state index contributed by atoms with van der Waals surface area (Å²) in [5.74, 6) is -0.0768. The normalized spacial score (nSPS) is 11.8. The third-order valence-electron chi connectivity index (χ3n) is 3.34. The molecule has 0 bridgehead atoms. The van der Waals surface area contributed by atoms with Crippen LogP contribution in [0.1, 0.15) is 31.1 Å². The largest absolute Gasteiger partial charge is 0.334 e. The van der Waals surface area contributed by atoms with Gasteiger partial charge in [0.1, 0.15) is 0 Å². The summed E-state index contributed by atoms with van der Waals surface area (Å²) >= 11 is 0. The lowest BCUT2D eigenvalue weighted by Crippen LogP contribution is -3.12. The van der Waals surface area contributed by atoms with Crippen LogP contribution >= 0.6 is 0 Å². The van der Waals surface area contributed by atoms with Crippen molar-refractivity contribution in [3.05, 3.63) is 29.8 Å². The molecule has 0 aliphatic carbocycles. The van der Waals surface area contributed by atoms with E-state index in [9.17, 15) is 13.2 Å². The number of carbonyl (C=O) groups is 1. The fraction of sp³-hybridized carbons (Fsp3) is 0.500. The van der Waals surface area contributed by atoms with Gasteiger partial charge in [-0.15, -0.1) is 0 Å². The summed E-state index contributed by atoms with van der Waals surface area (Å²) in [6, 6.07) is 5.99. The van der Waals surface area contributed by atoms with Crippen LogP contribution in [0.3, 0.4) is 0 Å². The molecule has 0 heterocycles. The number of Topliss-reactive ketones (excluding diaryl/α,β-unsaturated/α-hetero) is 1. The standard InChI is InChI=1S/C14H22N2O3S/c1-4-16(5-2)11-10-15-20(18,19)14-8-6-13(7-9-14)12(3)17/h6-9,15H,4-5,10-11H2,1-3H3/p+1. The topological polar surface area (TPSA) is 67.7 Å². The Balaban J connectivity index is 2.66. The van der Waals surface area contributed by atoms with Gasteiger partial charge in [0.05, 0.1) is 31.1 Å². The Bertz CT molecular complexity index is 534. The molecule has 0 aliphatic rings. The molecular formula is C14H23N2O3S+. The van der Waals surface area contributed by atoms with Crippen LogP contribution in [0.15, 0.2) is 29.2 Å². The molecule has 112 valence electrons. The van der Waals surface area contributed by atoms with Gasteiger partial charge in [0.2, 0.25) is 10.0 Å². The molecule has 5 nitrogen and oxygen atoms in total. The first-order valence-electron chi connectivity index (χ1n) is 6.85. The molecule has 0 atom stereocenters. The van der Waals surface area contributed by atoms with E-state index in [1.165, 1.54) is 36.1 Å². The molecule has 0 spiro atoms. The molecule has 0 unspecified atom stereocenters. The van der Waals surface area contributed by atoms with E-state index in [0.717, 1.165) is 19.6 Å². The highest BCUT2D eigenvalue weighted by Crippen LogP contribution is 2.10. The van der Waals surface area contributed by atoms with Crippen LogP contribution in [0.4, 0.5) is 0 Å². The molecule has 0 saturated carbocycles. The van der Waals surface area contributed by atoms with Gasteiger partial charge in [-0.05, 0) is 32.9 Å². The van der Waals surface area contributed by atoms with Gasteiger partial charge in [0.15, 0.2) is 5.78 Å². The number of sulfonamides is 1. The second kappa shape index (κ2) is 7.52. The summed E-state index contributed by atoms with van der Waals surface area (Å²) in [4.78, 5) is 12.7. The molecule has 0 radical (unpaired) electrons. The SMILES string of the molecule is CC[NH+](CC)CCNS(=O)(=O)c1ccc(C(C)=O)cc1. The fourth-order valence-corrected chi connectivity index (χ4v) is 2.95. The number of rotatable bonds is 8. The number of ketones is 1. The average Bonchev–Trinajstić information content (AvgIpc) is 2.43. The molecule has 0 fully saturated rings. The van der Waals surface area contributed by atoms with E-state index in [1.807, 2.05) is 0 Å². The minimum Gasteiger partial charge on any atom is -0.334 e. The van der Waals surface area contributed by atoms with Crippen LogP contribution in [0, 0.1) is 0 Å². The Labute approximate surface area is 121 Å². The van der Waals surface area contributed by atoms with Crippen molar-refractivity contribution < 1.29 is 18.1 Å². The maximum absolute atomic E-state index is 12.1. The number of nitrogens with one attached hydrogen (secondary N) is 2. The number of quaternary nitrogens is 1. The first-order chi connectivity index (χ1) is 9.40. The summed E-state index contributed by atoms with van der Waals surface area (Å²) < 4.78 is 26.7. The number of carbonyl (C=O) groups excluding carboxylic acids is 1. The van der Waals surface area contributed by atoms with Gasteiger partial charge < -0.3 is 4.90 Å². The Kier molecular flexibility index (Phi) is 6.32. The monoisotopic (exact) mass is 299 g/mol. The fourth-order valence-electron chi connectivity index (χ4n) is 1.92. The second-order valence-electron chi connectivity index (χ2n) is 4.69. The van der Waals surface area contributed by atoms with Crippen molar-refractivity contribution in [2.45, 2.75) is 25.7 Å². The maximum Gasteiger partial charge on any atom is 0.240 e. The molecule has 0 aliphatic heterocycles. The quantitative estimate of drug-likeness (QED) is 0.669. The van der Waals surface area contributed by atoms with E-state index in [1.54, 1.807) is 0 Å². The third-order valence-corrected chi connectivity index (χ3v) is 4.82. The highest BCUT2D eigenvalue weighted by atomic mass is 32.2. The van der Waals surface area contributed by atoms with E-state index < -0.39 is 10.0 Å². The van der Waals surface area contributed by atoms with Gasteiger partial charge in [0.25, 0.3) is 0 Å². The van der Waals surface area contributed by atoms with Crippen molar-refractivity contribution in [3.63, 3.8) is 0 Å². The van der Waals surface area contributed by atoms with Crippen LogP contribution in [-0.4, -0.2) is 40.4 Å². The molecule has 20 heavy (non-hydrogen) atoms. The molecule has 1 aromatic carbocycles. The first kappa shape index (κ1) is 16.8. The molecule has 1 aromatic rings. The van der Waals surface area contributed by atoms with Crippen molar-refractivity contribution in [3.8, 4) is 0 Å². The summed E-state index contributed by atoms with van der Waals surface area (Å²) in [6.07, 6.45) is 0. The zero-order valence-electron chi connectivity index (χ0n) is 12.3. The van der Waals surface area contributed by atoms with Gasteiger partial charge >= 0.3 is 0 Å². The molecular weight excluding hydrogens is 276 g/mol. The summed E-state index contributed by atoms with van der Waals surface area (Å²) in [5.41, 5.74) is 0.511. The lowest BCUT2D eigenvalue weighted by molar-refractivity contribution is -0.895. The number of hydrogen-bond donors (Lipinski definition) is 2. The first-order valence-corrected chi connectivity index (χ1v) is 8.33. The highest BCUT2D eigenvalue weighted by Gasteiger charge is 2.14. The van der Waals surface area contributed by atoms with E-state index >= 15 is 0 Å². The zero-order chi connectivity index (χ0) is 15.2. The van der Waals surface area contributed by atoms with Crippen molar-refractivity contribution >= 4 is 15.8 Å². The zero-order valence-corrected chi connectivity index (χ0v) is 13.1. The number of likely N-dealkylation sites (N-methyl/N-ethyl adjacent to an activating group) is 1. The Morgan fingerprint density at radius 2 is 1.70 bits per heavy atom. The van der Waals surface area contributed by atoms with E-state index in [4.69, 9.17) is 0 Å². The van der Waals surface area contributed by atoms with Crippen LogP contribution in [0.2, 0.25) is 0 Å². The Morgan fingerprint density at radius 3 is 2.15 bits per heavy atom. The van der Waals surface area contributed by atoms with E-state index in [-0.39, 0.29) is 10.7 Å². The van der Waals surface area contributed by atoms with Crippen molar-refractivity contribution in [1.29, 1.82) is 0 Å². The molecule has 2 N–H and O–H groups in total. The van der Waals surface area contributed by atoms with Crippen LogP contribution in [0.5, 0.6) is 0 Å². The molecule has 6 heteroatoms. The summed E-state index contributed by atoms with van der Waals surface area (Å²) in [7, 11) is -3.49. The smallest absolute Gasteiger partial charge is 0.240 e. The predicted molar refractivity (Wildman–Crippen MR) is 78.5 cm³/mol. The Hall–Kier alpha value is -1.24. The second-order valence-corrected chi connectivity index (χ2v) is 6.45. The van der Waals surface area contributed by atoms with Gasteiger partial charge in [-0.25, -0.2) is 13.1 Å². The third kappa shape index (κ3) is 4.70. The van der Waals surface area contributed by atoms with Gasteiger partial charge in [-0.1, -0.05) is 12.1 Å². The number of hydrogen-bond acceptors (Lipinski definition) is 3. The molecule has 0 aromatic heterocycles. The van der Waals surface area contributed by atoms with Gasteiger partial charge in [-0.3, -0.25) is 4.79 Å². The highest BCUT2D eigenvalue weighted by molar-refractivity contribution is 7.89. The number of benzene rings is 1. The van der Waals surface area contributed by atoms with Crippen LogP contribution in [0.25, 0.3) is 0 Å². The van der Waals surface area contributed by atoms with Crippen LogP contribution in [-0.2, 0) is 10.0 Å². The summed E-state index contributed by atoms with van der Waals surface area (Å²) in [6.45, 7) is 8.74. The van der Waals surface area contributed by atoms with E-state index in [2.05, 4.69) is 18.6 Å². The minimum absolute atomic E-state index is 0.0768. The lowest BCUT2D eigenvalue weighted by atomic mass is 10.2. The van der Waals surface area contributed by atoms with Gasteiger partial charge in [0, 0.05) is 5.56 Å². The lowest BCUT2D eigenvalue weighted by Gasteiger charge is -2.15. The van der Waals surface area contributed by atoms with Crippen molar-refractivity contribution in [1.82, 2.24) is 4.72 Å². The van der Waals surface area contributed by atoms with E-state index in [0.29, 0.717) is 12.1 Å². The van der Waals surface area contributed by atoms with Gasteiger partial charge in [-0.2, -0.15) is 0 Å². The molecule has 0 amide bonds. The maximum atomic E-state index is 12.1. The average molecular weight is 299 g/mol. The van der Waals surface area contributed by atoms with Crippen molar-refractivity contribution in [2.24, 2.45) is 0 Å². The minimum atomic E-state index is -3.49. The summed E-state index contributed by atoms with van der Waals surface area (Å²) in [5, 5.41) is 0. The predicted octanol–water partition coefficient (Wildman–Crippen LogP) is 0.0922. The molecule has 1 rings (SSSR count). The Morgan fingerprint density at radius 1 is 1.15 bits per heavy atom. The van der Waals surface area contributed by atoms with Crippen LogP contribution < -0.4 is 9.62 Å².